The third-order valence-corrected chi connectivity index (χ3v) is 6.77. The Morgan fingerprint density at radius 1 is 0.900 bits per heavy atom. The first kappa shape index (κ1) is 20.7. The Morgan fingerprint density at radius 3 is 2.23 bits per heavy atom. The first-order valence-electron chi connectivity index (χ1n) is 10.6. The summed E-state index contributed by atoms with van der Waals surface area (Å²) in [7, 11) is 0. The van der Waals surface area contributed by atoms with Gasteiger partial charge in [0.1, 0.15) is 0 Å². The molecule has 6 nitrogen and oxygen atoms in total. The Bertz CT molecular complexity index is 861. The van der Waals surface area contributed by atoms with E-state index in [0.29, 0.717) is 5.56 Å². The van der Waals surface area contributed by atoms with Crippen molar-refractivity contribution in [3.05, 3.63) is 54.2 Å². The smallest absolute Gasteiger partial charge is 0.255 e. The van der Waals surface area contributed by atoms with Crippen LogP contribution in [0.5, 0.6) is 0 Å². The maximum Gasteiger partial charge on any atom is 0.255 e. The molecule has 0 spiro atoms. The number of aromatic nitrogens is 1. The van der Waals surface area contributed by atoms with Crippen LogP contribution in [-0.4, -0.2) is 71.1 Å². The van der Waals surface area contributed by atoms with E-state index in [1.165, 1.54) is 17.4 Å². The number of thioether (sulfide) groups is 1. The number of pyridine rings is 1. The molecule has 0 unspecified atom stereocenters. The van der Waals surface area contributed by atoms with Crippen molar-refractivity contribution in [1.29, 1.82) is 0 Å². The van der Waals surface area contributed by atoms with Crippen LogP contribution in [-0.2, 0) is 4.79 Å². The monoisotopic (exact) mass is 424 g/mol. The van der Waals surface area contributed by atoms with E-state index in [4.69, 9.17) is 0 Å². The predicted octanol–water partition coefficient (Wildman–Crippen LogP) is 3.15. The second kappa shape index (κ2) is 9.51. The lowest BCUT2D eigenvalue weighted by Crippen LogP contribution is -2.50. The van der Waals surface area contributed by atoms with Gasteiger partial charge in [-0.3, -0.25) is 9.59 Å². The molecule has 2 aromatic rings. The number of benzene rings is 1. The molecule has 0 bridgehead atoms. The molecule has 0 N–H and O–H groups in total. The van der Waals surface area contributed by atoms with Crippen LogP contribution in [0, 0.1) is 0 Å². The highest BCUT2D eigenvalue weighted by Gasteiger charge is 2.26. The van der Waals surface area contributed by atoms with Gasteiger partial charge in [0, 0.05) is 51.2 Å². The number of para-hydroxylation sites is 1. The molecule has 2 fully saturated rings. The Labute approximate surface area is 182 Å². The highest BCUT2D eigenvalue weighted by molar-refractivity contribution is 8.00. The van der Waals surface area contributed by atoms with Gasteiger partial charge in [0.25, 0.3) is 5.91 Å². The number of rotatable bonds is 5. The fourth-order valence-electron chi connectivity index (χ4n) is 3.99. The van der Waals surface area contributed by atoms with Crippen molar-refractivity contribution in [3.63, 3.8) is 0 Å². The lowest BCUT2D eigenvalue weighted by atomic mass is 10.2. The van der Waals surface area contributed by atoms with E-state index in [-0.39, 0.29) is 17.1 Å². The van der Waals surface area contributed by atoms with E-state index in [1.807, 2.05) is 47.1 Å². The van der Waals surface area contributed by atoms with Crippen LogP contribution in [0.2, 0.25) is 0 Å². The molecule has 2 saturated heterocycles. The number of hydrogen-bond acceptors (Lipinski definition) is 5. The van der Waals surface area contributed by atoms with Gasteiger partial charge in [0.05, 0.1) is 15.8 Å². The van der Waals surface area contributed by atoms with E-state index < -0.39 is 0 Å². The van der Waals surface area contributed by atoms with Gasteiger partial charge in [-0.1, -0.05) is 30.0 Å². The van der Waals surface area contributed by atoms with Crippen LogP contribution < -0.4 is 4.90 Å². The molecule has 30 heavy (non-hydrogen) atoms. The minimum Gasteiger partial charge on any atom is -0.368 e. The van der Waals surface area contributed by atoms with Crippen molar-refractivity contribution in [2.45, 2.75) is 30.0 Å². The maximum absolute atomic E-state index is 12.9. The van der Waals surface area contributed by atoms with Crippen molar-refractivity contribution in [2.24, 2.45) is 0 Å². The van der Waals surface area contributed by atoms with Crippen LogP contribution in [0.25, 0.3) is 0 Å². The first-order valence-corrected chi connectivity index (χ1v) is 11.5. The lowest BCUT2D eigenvalue weighted by molar-refractivity contribution is -0.130. The number of piperazine rings is 1. The van der Waals surface area contributed by atoms with E-state index in [9.17, 15) is 9.59 Å². The Hall–Kier alpha value is -2.54. The van der Waals surface area contributed by atoms with Gasteiger partial charge in [-0.05, 0) is 44.0 Å². The van der Waals surface area contributed by atoms with E-state index in [1.54, 1.807) is 6.20 Å². The number of amides is 2. The standard InChI is InChI=1S/C23H28N4O2S/c1-18(22(28)27-15-13-25(14-16-27)20-7-3-2-4-8-20)30-21-10-9-19(17-24-21)23(29)26-11-5-6-12-26/h2-4,7-10,17-18H,5-6,11-16H2,1H3/t18-/m1/s1. The number of nitrogens with zero attached hydrogens (tertiary/aromatic N) is 4. The fourth-order valence-corrected chi connectivity index (χ4v) is 4.86. The average molecular weight is 425 g/mol. The minimum atomic E-state index is -0.207. The van der Waals surface area contributed by atoms with Crippen LogP contribution in [0.4, 0.5) is 5.69 Å². The third-order valence-electron chi connectivity index (χ3n) is 5.73. The van der Waals surface area contributed by atoms with E-state index in [0.717, 1.165) is 57.1 Å². The number of carbonyl (C=O) groups excluding carboxylic acids is 2. The Morgan fingerprint density at radius 2 is 1.60 bits per heavy atom. The molecule has 1 aromatic heterocycles. The van der Waals surface area contributed by atoms with Crippen LogP contribution in [0.3, 0.4) is 0 Å². The largest absolute Gasteiger partial charge is 0.368 e. The van der Waals surface area contributed by atoms with Gasteiger partial charge in [0.2, 0.25) is 5.91 Å². The zero-order chi connectivity index (χ0) is 20.9. The van der Waals surface area contributed by atoms with E-state index in [2.05, 4.69) is 22.0 Å². The molecular formula is C23H28N4O2S. The summed E-state index contributed by atoms with van der Waals surface area (Å²) in [6, 6.07) is 14.0. The van der Waals surface area contributed by atoms with Gasteiger partial charge in [-0.15, -0.1) is 0 Å². The zero-order valence-electron chi connectivity index (χ0n) is 17.4. The first-order chi connectivity index (χ1) is 14.6. The second-order valence-corrected chi connectivity index (χ2v) is 9.15. The molecule has 1 atom stereocenters. The number of anilines is 1. The second-order valence-electron chi connectivity index (χ2n) is 7.79. The molecule has 2 amide bonds. The highest BCUT2D eigenvalue weighted by atomic mass is 32.2. The van der Waals surface area contributed by atoms with Crippen molar-refractivity contribution in [2.75, 3.05) is 44.2 Å². The maximum atomic E-state index is 12.9. The normalized spacial score (nSPS) is 17.8. The van der Waals surface area contributed by atoms with Gasteiger partial charge >= 0.3 is 0 Å². The number of carbonyl (C=O) groups is 2. The van der Waals surface area contributed by atoms with Crippen molar-refractivity contribution in [1.82, 2.24) is 14.8 Å². The molecule has 0 saturated carbocycles. The average Bonchev–Trinajstić information content (AvgIpc) is 3.34. The number of likely N-dealkylation sites (tertiary alicyclic amines) is 1. The van der Waals surface area contributed by atoms with E-state index >= 15 is 0 Å². The summed E-state index contributed by atoms with van der Waals surface area (Å²) in [5, 5.41) is 0.567. The topological polar surface area (TPSA) is 56.8 Å². The molecule has 2 aliphatic heterocycles. The van der Waals surface area contributed by atoms with Gasteiger partial charge in [0.15, 0.2) is 0 Å². The number of hydrogen-bond donors (Lipinski definition) is 0. The molecule has 1 aromatic carbocycles. The molecule has 0 aliphatic carbocycles. The highest BCUT2D eigenvalue weighted by Crippen LogP contribution is 2.24. The van der Waals surface area contributed by atoms with Crippen molar-refractivity contribution in [3.8, 4) is 0 Å². The summed E-state index contributed by atoms with van der Waals surface area (Å²) >= 11 is 1.45. The zero-order valence-corrected chi connectivity index (χ0v) is 18.2. The van der Waals surface area contributed by atoms with Gasteiger partial charge in [-0.2, -0.15) is 0 Å². The molecule has 4 rings (SSSR count). The summed E-state index contributed by atoms with van der Waals surface area (Å²) < 4.78 is 0. The molecule has 7 heteroatoms. The minimum absolute atomic E-state index is 0.0527. The van der Waals surface area contributed by atoms with Crippen LogP contribution >= 0.6 is 11.8 Å². The summed E-state index contributed by atoms with van der Waals surface area (Å²) in [6.07, 6.45) is 3.79. The molecule has 158 valence electrons. The summed E-state index contributed by atoms with van der Waals surface area (Å²) in [4.78, 5) is 35.9. The molecular weight excluding hydrogens is 396 g/mol. The summed E-state index contributed by atoms with van der Waals surface area (Å²) in [5.74, 6) is 0.198. The van der Waals surface area contributed by atoms with Crippen LogP contribution in [0.15, 0.2) is 53.7 Å². The molecule has 3 heterocycles. The molecule has 0 radical (unpaired) electrons. The van der Waals surface area contributed by atoms with Gasteiger partial charge in [-0.25, -0.2) is 4.98 Å². The summed E-state index contributed by atoms with van der Waals surface area (Å²) in [6.45, 7) is 6.75. The predicted molar refractivity (Wildman–Crippen MR) is 120 cm³/mol. The van der Waals surface area contributed by atoms with Crippen molar-refractivity contribution >= 4 is 29.3 Å². The Kier molecular flexibility index (Phi) is 6.57. The lowest BCUT2D eigenvalue weighted by Gasteiger charge is -2.37. The molecule has 2 aliphatic rings. The van der Waals surface area contributed by atoms with Crippen LogP contribution in [0.1, 0.15) is 30.1 Å². The third kappa shape index (κ3) is 4.78. The SMILES string of the molecule is C[C@@H](Sc1ccc(C(=O)N2CCCC2)cn1)C(=O)N1CCN(c2ccccc2)CC1. The quantitative estimate of drug-likeness (QED) is 0.690. The fraction of sp³-hybridized carbons (Fsp3) is 0.435. The summed E-state index contributed by atoms with van der Waals surface area (Å²) in [5.41, 5.74) is 1.83. The van der Waals surface area contributed by atoms with Gasteiger partial charge < -0.3 is 14.7 Å². The Balaban J connectivity index is 1.29. The van der Waals surface area contributed by atoms with Crippen molar-refractivity contribution < 1.29 is 9.59 Å².